The summed E-state index contributed by atoms with van der Waals surface area (Å²) >= 11 is 0. The minimum absolute atomic E-state index is 0.0381. The molecule has 1 aliphatic rings. The number of amides is 1. The first kappa shape index (κ1) is 12.9. The van der Waals surface area contributed by atoms with E-state index in [0.717, 1.165) is 0 Å². The van der Waals surface area contributed by atoms with E-state index in [2.05, 4.69) is 0 Å². The van der Waals surface area contributed by atoms with Crippen LogP contribution < -0.4 is 5.73 Å². The number of ether oxygens (including phenoxy) is 1. The summed E-state index contributed by atoms with van der Waals surface area (Å²) in [6.07, 6.45) is 0. The van der Waals surface area contributed by atoms with Crippen molar-refractivity contribution in [2.75, 3.05) is 26.8 Å². The molecule has 2 atom stereocenters. The molecule has 0 aliphatic carbocycles. The monoisotopic (exact) mass is 230 g/mol. The molecule has 16 heavy (non-hydrogen) atoms. The van der Waals surface area contributed by atoms with Crippen molar-refractivity contribution in [1.29, 1.82) is 0 Å². The van der Waals surface area contributed by atoms with Gasteiger partial charge in [-0.25, -0.2) is 0 Å². The van der Waals surface area contributed by atoms with Crippen LogP contribution in [0.25, 0.3) is 0 Å². The number of nitrogens with zero attached hydrogens (tertiary/aromatic N) is 1. The molecule has 0 aromatic carbocycles. The van der Waals surface area contributed by atoms with Crippen molar-refractivity contribution in [3.05, 3.63) is 0 Å². The zero-order valence-corrected chi connectivity index (χ0v) is 9.55. The van der Waals surface area contributed by atoms with Crippen molar-refractivity contribution in [1.82, 2.24) is 4.90 Å². The van der Waals surface area contributed by atoms with E-state index in [4.69, 9.17) is 15.6 Å². The number of methoxy groups -OCH3 is 1. The first-order valence-corrected chi connectivity index (χ1v) is 5.23. The van der Waals surface area contributed by atoms with E-state index in [-0.39, 0.29) is 18.4 Å². The Bertz CT molecular complexity index is 276. The maximum Gasteiger partial charge on any atom is 0.306 e. The lowest BCUT2D eigenvalue weighted by Gasteiger charge is -2.42. The van der Waals surface area contributed by atoms with Gasteiger partial charge in [-0.15, -0.1) is 0 Å². The van der Waals surface area contributed by atoms with Crippen LogP contribution in [-0.4, -0.2) is 54.7 Å². The zero-order valence-electron chi connectivity index (χ0n) is 9.55. The Morgan fingerprint density at radius 1 is 1.56 bits per heavy atom. The van der Waals surface area contributed by atoms with Gasteiger partial charge in [-0.3, -0.25) is 9.59 Å². The number of carboxylic acid groups (broad SMARTS) is 1. The van der Waals surface area contributed by atoms with E-state index < -0.39 is 17.9 Å². The molecule has 0 radical (unpaired) electrons. The number of carbonyl (C=O) groups excluding carboxylic acids is 1. The molecule has 1 fully saturated rings. The van der Waals surface area contributed by atoms with Crippen LogP contribution in [-0.2, 0) is 14.3 Å². The van der Waals surface area contributed by atoms with Gasteiger partial charge in [-0.05, 0) is 0 Å². The summed E-state index contributed by atoms with van der Waals surface area (Å²) < 4.78 is 4.79. The highest BCUT2D eigenvalue weighted by molar-refractivity contribution is 5.83. The molecule has 1 amide bonds. The third-order valence-corrected chi connectivity index (χ3v) is 2.98. The van der Waals surface area contributed by atoms with Crippen molar-refractivity contribution in [3.63, 3.8) is 0 Å². The lowest BCUT2D eigenvalue weighted by atomic mass is 9.86. The van der Waals surface area contributed by atoms with Gasteiger partial charge in [0, 0.05) is 26.1 Å². The zero-order chi connectivity index (χ0) is 12.3. The number of carbonyl (C=O) groups is 2. The number of nitrogens with two attached hydrogens (primary N) is 1. The number of rotatable bonds is 5. The molecule has 2 unspecified atom stereocenters. The van der Waals surface area contributed by atoms with Gasteiger partial charge >= 0.3 is 5.97 Å². The molecular formula is C10H18N2O4. The van der Waals surface area contributed by atoms with Crippen molar-refractivity contribution in [2.24, 2.45) is 17.6 Å². The lowest BCUT2D eigenvalue weighted by molar-refractivity contribution is -0.151. The second kappa shape index (κ2) is 5.27. The molecular weight excluding hydrogens is 212 g/mol. The summed E-state index contributed by atoms with van der Waals surface area (Å²) in [7, 11) is 1.48. The average Bonchev–Trinajstić information content (AvgIpc) is 2.15. The maximum absolute atomic E-state index is 11.6. The fraction of sp³-hybridized carbons (Fsp3) is 0.800. The molecule has 1 saturated heterocycles. The number of carboxylic acids is 1. The van der Waals surface area contributed by atoms with E-state index in [0.29, 0.717) is 13.1 Å². The standard InChI is InChI=1S/C10H18N2O4/c1-6(10(14)15)7-3-12(4-7)9(13)8(11)5-16-2/h6-8H,3-5,11H2,1-2H3,(H,14,15). The van der Waals surface area contributed by atoms with Crippen LogP contribution in [0.5, 0.6) is 0 Å². The Morgan fingerprint density at radius 3 is 2.56 bits per heavy atom. The van der Waals surface area contributed by atoms with Gasteiger partial charge in [0.2, 0.25) is 5.91 Å². The third-order valence-electron chi connectivity index (χ3n) is 2.98. The third kappa shape index (κ3) is 2.70. The van der Waals surface area contributed by atoms with Crippen LogP contribution in [0.15, 0.2) is 0 Å². The second-order valence-corrected chi connectivity index (χ2v) is 4.19. The molecule has 1 rings (SSSR count). The molecule has 92 valence electrons. The van der Waals surface area contributed by atoms with Crippen LogP contribution in [0.2, 0.25) is 0 Å². The van der Waals surface area contributed by atoms with Crippen LogP contribution >= 0.6 is 0 Å². The van der Waals surface area contributed by atoms with Crippen LogP contribution in [0.4, 0.5) is 0 Å². The van der Waals surface area contributed by atoms with Gasteiger partial charge in [-0.2, -0.15) is 0 Å². The van der Waals surface area contributed by atoms with Crippen molar-refractivity contribution >= 4 is 11.9 Å². The van der Waals surface area contributed by atoms with Crippen LogP contribution in [0.3, 0.4) is 0 Å². The topological polar surface area (TPSA) is 92.9 Å². The summed E-state index contributed by atoms with van der Waals surface area (Å²) in [5.74, 6) is -1.37. The van der Waals surface area contributed by atoms with Crippen LogP contribution in [0.1, 0.15) is 6.92 Å². The largest absolute Gasteiger partial charge is 0.481 e. The molecule has 0 aromatic heterocycles. The fourth-order valence-electron chi connectivity index (χ4n) is 1.70. The molecule has 3 N–H and O–H groups in total. The number of aliphatic carboxylic acids is 1. The van der Waals surface area contributed by atoms with E-state index in [1.807, 2.05) is 0 Å². The van der Waals surface area contributed by atoms with Gasteiger partial charge in [0.25, 0.3) is 0 Å². The Morgan fingerprint density at radius 2 is 2.12 bits per heavy atom. The molecule has 0 spiro atoms. The highest BCUT2D eigenvalue weighted by Crippen LogP contribution is 2.24. The SMILES string of the molecule is COCC(N)C(=O)N1CC(C(C)C(=O)O)C1. The smallest absolute Gasteiger partial charge is 0.306 e. The molecule has 0 bridgehead atoms. The number of hydrogen-bond donors (Lipinski definition) is 2. The molecule has 0 saturated carbocycles. The minimum Gasteiger partial charge on any atom is -0.481 e. The molecule has 0 aromatic rings. The fourth-order valence-corrected chi connectivity index (χ4v) is 1.70. The maximum atomic E-state index is 11.6. The summed E-state index contributed by atoms with van der Waals surface area (Å²) in [6, 6.07) is -0.647. The number of likely N-dealkylation sites (tertiary alicyclic amines) is 1. The highest BCUT2D eigenvalue weighted by Gasteiger charge is 2.38. The summed E-state index contributed by atoms with van der Waals surface area (Å²) in [5.41, 5.74) is 5.59. The molecule has 1 heterocycles. The summed E-state index contributed by atoms with van der Waals surface area (Å²) in [4.78, 5) is 23.9. The van der Waals surface area contributed by atoms with Crippen molar-refractivity contribution in [2.45, 2.75) is 13.0 Å². The molecule has 6 nitrogen and oxygen atoms in total. The van der Waals surface area contributed by atoms with Crippen LogP contribution in [0, 0.1) is 11.8 Å². The van der Waals surface area contributed by atoms with Crippen molar-refractivity contribution < 1.29 is 19.4 Å². The quantitative estimate of drug-likeness (QED) is 0.641. The summed E-state index contributed by atoms with van der Waals surface area (Å²) in [5, 5.41) is 8.79. The number of hydrogen-bond acceptors (Lipinski definition) is 4. The van der Waals surface area contributed by atoms with E-state index in [9.17, 15) is 9.59 Å². The van der Waals surface area contributed by atoms with Gasteiger partial charge in [-0.1, -0.05) is 6.92 Å². The first-order chi connectivity index (χ1) is 7.47. The Hall–Kier alpha value is -1.14. The predicted octanol–water partition coefficient (Wildman–Crippen LogP) is -0.861. The predicted molar refractivity (Wildman–Crippen MR) is 56.7 cm³/mol. The van der Waals surface area contributed by atoms with Gasteiger partial charge in [0.15, 0.2) is 0 Å². The normalized spacial score (nSPS) is 20.1. The Labute approximate surface area is 94.3 Å². The highest BCUT2D eigenvalue weighted by atomic mass is 16.5. The lowest BCUT2D eigenvalue weighted by Crippen LogP contribution is -2.58. The summed E-state index contributed by atoms with van der Waals surface area (Å²) in [6.45, 7) is 2.80. The Kier molecular flexibility index (Phi) is 4.26. The first-order valence-electron chi connectivity index (χ1n) is 5.23. The van der Waals surface area contributed by atoms with E-state index in [1.54, 1.807) is 11.8 Å². The van der Waals surface area contributed by atoms with Gasteiger partial charge in [0.1, 0.15) is 6.04 Å². The average molecular weight is 230 g/mol. The molecule has 6 heteroatoms. The van der Waals surface area contributed by atoms with E-state index in [1.165, 1.54) is 7.11 Å². The van der Waals surface area contributed by atoms with Gasteiger partial charge < -0.3 is 20.5 Å². The second-order valence-electron chi connectivity index (χ2n) is 4.19. The molecule has 1 aliphatic heterocycles. The van der Waals surface area contributed by atoms with Crippen molar-refractivity contribution in [3.8, 4) is 0 Å². The Balaban J connectivity index is 2.35. The minimum atomic E-state index is -0.821. The van der Waals surface area contributed by atoms with E-state index >= 15 is 0 Å². The van der Waals surface area contributed by atoms with Gasteiger partial charge in [0.05, 0.1) is 12.5 Å².